The van der Waals surface area contributed by atoms with E-state index in [1.807, 2.05) is 0 Å². The summed E-state index contributed by atoms with van der Waals surface area (Å²) in [7, 11) is -3.10. The van der Waals surface area contributed by atoms with Crippen molar-refractivity contribution in [1.29, 1.82) is 0 Å². The van der Waals surface area contributed by atoms with E-state index in [0.29, 0.717) is 24.7 Å². The summed E-state index contributed by atoms with van der Waals surface area (Å²) in [5.74, 6) is 0.266. The van der Waals surface area contributed by atoms with Gasteiger partial charge in [0.25, 0.3) is 0 Å². The van der Waals surface area contributed by atoms with Gasteiger partial charge in [0.15, 0.2) is 0 Å². The van der Waals surface area contributed by atoms with Crippen LogP contribution in [0, 0.1) is 5.92 Å². The highest BCUT2D eigenvalue weighted by molar-refractivity contribution is 7.88. The van der Waals surface area contributed by atoms with Crippen molar-refractivity contribution >= 4 is 21.6 Å². The molecule has 2 rings (SSSR count). The second-order valence-electron chi connectivity index (χ2n) is 4.63. The number of hydrogen-bond donors (Lipinski definition) is 0. The molecule has 0 N–H and O–H groups in total. The third-order valence-electron chi connectivity index (χ3n) is 3.16. The minimum Gasteiger partial charge on any atom is -0.256 e. The number of aromatic nitrogens is 2. The molecule has 1 aliphatic rings. The average molecular weight is 290 g/mol. The predicted molar refractivity (Wildman–Crippen MR) is 69.9 cm³/mol. The van der Waals surface area contributed by atoms with Crippen molar-refractivity contribution < 1.29 is 8.42 Å². The minimum absolute atomic E-state index is 0.266. The zero-order valence-electron chi connectivity index (χ0n) is 10.2. The van der Waals surface area contributed by atoms with E-state index in [9.17, 15) is 8.42 Å². The smallest absolute Gasteiger partial charge is 0.211 e. The summed E-state index contributed by atoms with van der Waals surface area (Å²) in [4.78, 5) is 8.18. The van der Waals surface area contributed by atoms with E-state index in [4.69, 9.17) is 11.6 Å². The van der Waals surface area contributed by atoms with E-state index >= 15 is 0 Å². The molecule has 0 bridgehead atoms. The van der Waals surface area contributed by atoms with Crippen LogP contribution in [0.1, 0.15) is 18.5 Å². The SMILES string of the molecule is CS(=O)(=O)N1CCC[C@@H](Cc2nccnc2Cl)C1. The summed E-state index contributed by atoms with van der Waals surface area (Å²) in [5.41, 5.74) is 0.750. The minimum atomic E-state index is -3.10. The molecule has 0 unspecified atom stereocenters. The van der Waals surface area contributed by atoms with Gasteiger partial charge in [-0.15, -0.1) is 0 Å². The fourth-order valence-electron chi connectivity index (χ4n) is 2.25. The van der Waals surface area contributed by atoms with Gasteiger partial charge in [0.2, 0.25) is 10.0 Å². The van der Waals surface area contributed by atoms with Crippen molar-refractivity contribution in [1.82, 2.24) is 14.3 Å². The van der Waals surface area contributed by atoms with Gasteiger partial charge in [-0.2, -0.15) is 0 Å². The first-order valence-corrected chi connectivity index (χ1v) is 8.10. The van der Waals surface area contributed by atoms with Crippen molar-refractivity contribution in [3.63, 3.8) is 0 Å². The molecule has 0 aliphatic carbocycles. The number of nitrogens with zero attached hydrogens (tertiary/aromatic N) is 3. The van der Waals surface area contributed by atoms with Crippen LogP contribution in [0.3, 0.4) is 0 Å². The summed E-state index contributed by atoms with van der Waals surface area (Å²) >= 11 is 5.96. The van der Waals surface area contributed by atoms with E-state index < -0.39 is 10.0 Å². The van der Waals surface area contributed by atoms with Crippen LogP contribution in [0.5, 0.6) is 0 Å². The van der Waals surface area contributed by atoms with Crippen LogP contribution in [0.25, 0.3) is 0 Å². The molecule has 1 fully saturated rings. The molecule has 0 amide bonds. The van der Waals surface area contributed by atoms with E-state index in [0.717, 1.165) is 18.5 Å². The molecule has 1 aromatic rings. The van der Waals surface area contributed by atoms with Crippen LogP contribution in [0.4, 0.5) is 0 Å². The van der Waals surface area contributed by atoms with Gasteiger partial charge < -0.3 is 0 Å². The van der Waals surface area contributed by atoms with Crippen molar-refractivity contribution in [2.24, 2.45) is 5.92 Å². The molecule has 1 aliphatic heterocycles. The Hall–Kier alpha value is -0.720. The van der Waals surface area contributed by atoms with Crippen LogP contribution in [-0.4, -0.2) is 42.0 Å². The van der Waals surface area contributed by atoms with Crippen LogP contribution < -0.4 is 0 Å². The van der Waals surface area contributed by atoms with Crippen LogP contribution in [-0.2, 0) is 16.4 Å². The lowest BCUT2D eigenvalue weighted by molar-refractivity contribution is 0.265. The monoisotopic (exact) mass is 289 g/mol. The predicted octanol–water partition coefficient (Wildman–Crippen LogP) is 1.34. The molecule has 2 heterocycles. The zero-order valence-corrected chi connectivity index (χ0v) is 11.8. The molecular weight excluding hydrogens is 274 g/mol. The van der Waals surface area contributed by atoms with Crippen molar-refractivity contribution in [2.75, 3.05) is 19.3 Å². The maximum absolute atomic E-state index is 11.5. The van der Waals surface area contributed by atoms with Gasteiger partial charge in [-0.1, -0.05) is 11.6 Å². The number of hydrogen-bond acceptors (Lipinski definition) is 4. The molecule has 7 heteroatoms. The molecule has 1 aromatic heterocycles. The maximum Gasteiger partial charge on any atom is 0.211 e. The molecule has 1 atom stereocenters. The highest BCUT2D eigenvalue weighted by Crippen LogP contribution is 2.23. The highest BCUT2D eigenvalue weighted by Gasteiger charge is 2.26. The third kappa shape index (κ3) is 3.40. The average Bonchev–Trinajstić information content (AvgIpc) is 2.31. The van der Waals surface area contributed by atoms with Gasteiger partial charge in [-0.25, -0.2) is 17.7 Å². The maximum atomic E-state index is 11.5. The Balaban J connectivity index is 2.05. The summed E-state index contributed by atoms with van der Waals surface area (Å²) in [5, 5.41) is 0.411. The molecule has 5 nitrogen and oxygen atoms in total. The Morgan fingerprint density at radius 3 is 2.83 bits per heavy atom. The van der Waals surface area contributed by atoms with E-state index in [2.05, 4.69) is 9.97 Å². The molecule has 18 heavy (non-hydrogen) atoms. The van der Waals surface area contributed by atoms with Crippen LogP contribution in [0.15, 0.2) is 12.4 Å². The summed E-state index contributed by atoms with van der Waals surface area (Å²) < 4.78 is 24.6. The Morgan fingerprint density at radius 2 is 2.17 bits per heavy atom. The summed E-state index contributed by atoms with van der Waals surface area (Å²) in [6.45, 7) is 1.16. The quantitative estimate of drug-likeness (QED) is 0.842. The molecule has 100 valence electrons. The normalized spacial score (nSPS) is 22.0. The van der Waals surface area contributed by atoms with E-state index in [1.165, 1.54) is 10.6 Å². The second kappa shape index (κ2) is 5.50. The number of sulfonamides is 1. The fourth-order valence-corrected chi connectivity index (χ4v) is 3.38. The Labute approximate surface area is 112 Å². The molecule has 0 aromatic carbocycles. The van der Waals surface area contributed by atoms with Gasteiger partial charge in [-0.3, -0.25) is 4.98 Å². The Kier molecular flexibility index (Phi) is 4.19. The van der Waals surface area contributed by atoms with Gasteiger partial charge in [-0.05, 0) is 25.2 Å². The number of piperidine rings is 1. The van der Waals surface area contributed by atoms with Crippen molar-refractivity contribution in [3.05, 3.63) is 23.2 Å². The lowest BCUT2D eigenvalue weighted by Crippen LogP contribution is -2.39. The van der Waals surface area contributed by atoms with E-state index in [1.54, 1.807) is 12.4 Å². The standard InChI is InChI=1S/C11H16ClN3O2S/c1-18(16,17)15-6-2-3-9(8-15)7-10-11(12)14-5-4-13-10/h4-5,9H,2-3,6-8H2,1H3/t9-/m0/s1. The van der Waals surface area contributed by atoms with Crippen LogP contribution >= 0.6 is 11.6 Å². The van der Waals surface area contributed by atoms with Gasteiger partial charge >= 0.3 is 0 Å². The second-order valence-corrected chi connectivity index (χ2v) is 6.97. The topological polar surface area (TPSA) is 63.2 Å². The van der Waals surface area contributed by atoms with E-state index in [-0.39, 0.29) is 5.92 Å². The summed E-state index contributed by atoms with van der Waals surface area (Å²) in [6.07, 6.45) is 6.98. The van der Waals surface area contributed by atoms with Gasteiger partial charge in [0, 0.05) is 25.5 Å². The van der Waals surface area contributed by atoms with Crippen molar-refractivity contribution in [2.45, 2.75) is 19.3 Å². The first-order chi connectivity index (χ1) is 8.47. The van der Waals surface area contributed by atoms with Crippen LogP contribution in [0.2, 0.25) is 5.15 Å². The molecule has 0 spiro atoms. The first kappa shape index (κ1) is 13.7. The highest BCUT2D eigenvalue weighted by atomic mass is 35.5. The fraction of sp³-hybridized carbons (Fsp3) is 0.636. The van der Waals surface area contributed by atoms with Crippen molar-refractivity contribution in [3.8, 4) is 0 Å². The number of rotatable bonds is 3. The third-order valence-corrected chi connectivity index (χ3v) is 4.74. The Bertz CT molecular complexity index is 521. The lowest BCUT2D eigenvalue weighted by atomic mass is 9.95. The molecule has 0 radical (unpaired) electrons. The van der Waals surface area contributed by atoms with Gasteiger partial charge in [0.05, 0.1) is 11.9 Å². The molecular formula is C11H16ClN3O2S. The Morgan fingerprint density at radius 1 is 1.44 bits per heavy atom. The first-order valence-electron chi connectivity index (χ1n) is 5.87. The van der Waals surface area contributed by atoms with Gasteiger partial charge in [0.1, 0.15) is 5.15 Å². The zero-order chi connectivity index (χ0) is 13.2. The summed E-state index contributed by atoms with van der Waals surface area (Å²) in [6, 6.07) is 0. The molecule has 0 saturated carbocycles. The molecule has 1 saturated heterocycles. The number of halogens is 1. The lowest BCUT2D eigenvalue weighted by Gasteiger charge is -2.30. The largest absolute Gasteiger partial charge is 0.256 e.